The van der Waals surface area contributed by atoms with Crippen molar-refractivity contribution in [2.75, 3.05) is 33.2 Å². The summed E-state index contributed by atoms with van der Waals surface area (Å²) in [5, 5.41) is 9.39. The summed E-state index contributed by atoms with van der Waals surface area (Å²) in [7, 11) is 1.59. The van der Waals surface area contributed by atoms with Crippen molar-refractivity contribution in [3.8, 4) is 0 Å². The molecule has 4 amide bonds. The van der Waals surface area contributed by atoms with Gasteiger partial charge in [0.15, 0.2) is 0 Å². The number of likely N-dealkylation sites (tertiary alicyclic amines) is 1. The minimum atomic E-state index is -0.297. The van der Waals surface area contributed by atoms with E-state index in [4.69, 9.17) is 0 Å². The highest BCUT2D eigenvalue weighted by Crippen LogP contribution is 2.13. The molecule has 2 aliphatic rings. The highest BCUT2D eigenvalue weighted by molar-refractivity contribution is 6.01. The Hall–Kier alpha value is -1.63. The van der Waals surface area contributed by atoms with Crippen molar-refractivity contribution in [3.05, 3.63) is 0 Å². The maximum atomic E-state index is 12.0. The van der Waals surface area contributed by atoms with Crippen molar-refractivity contribution < 1.29 is 19.5 Å². The molecule has 0 radical (unpaired) electrons. The predicted molar refractivity (Wildman–Crippen MR) is 70.8 cm³/mol. The maximum Gasteiger partial charge on any atom is 0.326 e. The molecule has 0 aromatic carbocycles. The monoisotopic (exact) mass is 283 g/mol. The van der Waals surface area contributed by atoms with Gasteiger partial charge in [-0.15, -0.1) is 0 Å². The van der Waals surface area contributed by atoms with Crippen LogP contribution in [0.4, 0.5) is 4.79 Å². The van der Waals surface area contributed by atoms with Gasteiger partial charge in [0.1, 0.15) is 6.54 Å². The van der Waals surface area contributed by atoms with Crippen LogP contribution in [0.5, 0.6) is 0 Å². The van der Waals surface area contributed by atoms with Crippen molar-refractivity contribution >= 4 is 17.8 Å². The molecule has 7 heteroatoms. The van der Waals surface area contributed by atoms with Gasteiger partial charge in [-0.25, -0.2) is 4.79 Å². The number of amides is 4. The smallest absolute Gasteiger partial charge is 0.326 e. The van der Waals surface area contributed by atoms with Gasteiger partial charge in [0.25, 0.3) is 0 Å². The molecule has 2 saturated heterocycles. The van der Waals surface area contributed by atoms with Crippen LogP contribution in [0.1, 0.15) is 25.7 Å². The number of rotatable bonds is 4. The van der Waals surface area contributed by atoms with Gasteiger partial charge in [0, 0.05) is 33.1 Å². The number of carbonyl (C=O) groups is 3. The van der Waals surface area contributed by atoms with Gasteiger partial charge in [-0.3, -0.25) is 14.5 Å². The minimum absolute atomic E-state index is 0.0318. The van der Waals surface area contributed by atoms with Gasteiger partial charge in [0.05, 0.1) is 6.10 Å². The summed E-state index contributed by atoms with van der Waals surface area (Å²) in [6.45, 7) is 1.59. The quantitative estimate of drug-likeness (QED) is 0.715. The summed E-state index contributed by atoms with van der Waals surface area (Å²) >= 11 is 0. The van der Waals surface area contributed by atoms with E-state index in [1.54, 1.807) is 11.9 Å². The van der Waals surface area contributed by atoms with Crippen molar-refractivity contribution in [1.29, 1.82) is 0 Å². The maximum absolute atomic E-state index is 12.0. The summed E-state index contributed by atoms with van der Waals surface area (Å²) in [6.07, 6.45) is 1.77. The molecule has 0 unspecified atom stereocenters. The van der Waals surface area contributed by atoms with Crippen molar-refractivity contribution in [2.45, 2.75) is 31.8 Å². The Balaban J connectivity index is 1.72. The lowest BCUT2D eigenvalue weighted by molar-refractivity contribution is -0.133. The van der Waals surface area contributed by atoms with Crippen LogP contribution in [0.15, 0.2) is 0 Å². The molecule has 0 aliphatic carbocycles. The normalized spacial score (nSPS) is 21.0. The third-order valence-electron chi connectivity index (χ3n) is 3.82. The SMILES string of the molecule is CN1CC(=O)N(CCCC(=O)N2CCC(O)CC2)C1=O. The first-order valence-corrected chi connectivity index (χ1v) is 7.00. The molecule has 2 aliphatic heterocycles. The van der Waals surface area contributed by atoms with Gasteiger partial charge in [0.2, 0.25) is 11.8 Å². The van der Waals surface area contributed by atoms with E-state index >= 15 is 0 Å². The summed E-state index contributed by atoms with van der Waals surface area (Å²) in [5.74, 6) is -0.171. The van der Waals surface area contributed by atoms with Crippen LogP contribution < -0.4 is 0 Å². The minimum Gasteiger partial charge on any atom is -0.393 e. The standard InChI is InChI=1S/C13H21N3O4/c1-14-9-12(19)16(13(14)20)6-2-3-11(18)15-7-4-10(17)5-8-15/h10,17H,2-9H2,1H3. The molecular formula is C13H21N3O4. The lowest BCUT2D eigenvalue weighted by Gasteiger charge is -2.29. The van der Waals surface area contributed by atoms with E-state index in [1.807, 2.05) is 0 Å². The molecule has 112 valence electrons. The average molecular weight is 283 g/mol. The lowest BCUT2D eigenvalue weighted by Crippen LogP contribution is -2.40. The Morgan fingerprint density at radius 1 is 1.30 bits per heavy atom. The third-order valence-corrected chi connectivity index (χ3v) is 3.82. The van der Waals surface area contributed by atoms with E-state index in [1.165, 1.54) is 9.80 Å². The van der Waals surface area contributed by atoms with E-state index in [9.17, 15) is 19.5 Å². The van der Waals surface area contributed by atoms with E-state index in [2.05, 4.69) is 0 Å². The van der Waals surface area contributed by atoms with Crippen LogP contribution in [0.2, 0.25) is 0 Å². The first-order chi connectivity index (χ1) is 9.49. The molecule has 0 atom stereocenters. The number of carbonyl (C=O) groups excluding carboxylic acids is 3. The number of nitrogens with zero attached hydrogens (tertiary/aromatic N) is 3. The number of aliphatic hydroxyl groups is 1. The predicted octanol–water partition coefficient (Wildman–Crippen LogP) is -0.356. The zero-order valence-electron chi connectivity index (χ0n) is 11.7. The molecule has 20 heavy (non-hydrogen) atoms. The van der Waals surface area contributed by atoms with Crippen LogP contribution >= 0.6 is 0 Å². The number of urea groups is 1. The fourth-order valence-electron chi connectivity index (χ4n) is 2.55. The molecule has 2 heterocycles. The fourth-order valence-corrected chi connectivity index (χ4v) is 2.55. The number of hydrogen-bond donors (Lipinski definition) is 1. The molecule has 2 fully saturated rings. The first-order valence-electron chi connectivity index (χ1n) is 7.00. The third kappa shape index (κ3) is 3.27. The number of likely N-dealkylation sites (N-methyl/N-ethyl adjacent to an activating group) is 1. The molecular weight excluding hydrogens is 262 g/mol. The summed E-state index contributed by atoms with van der Waals surface area (Å²) in [6, 6.07) is -0.288. The molecule has 7 nitrogen and oxygen atoms in total. The average Bonchev–Trinajstić information content (AvgIpc) is 2.65. The molecule has 2 rings (SSSR count). The van der Waals surface area contributed by atoms with Gasteiger partial charge in [-0.05, 0) is 19.3 Å². The summed E-state index contributed by atoms with van der Waals surface area (Å²) in [4.78, 5) is 39.5. The van der Waals surface area contributed by atoms with Crippen molar-refractivity contribution in [1.82, 2.24) is 14.7 Å². The van der Waals surface area contributed by atoms with Crippen molar-refractivity contribution in [3.63, 3.8) is 0 Å². The molecule has 1 N–H and O–H groups in total. The number of piperidine rings is 1. The Morgan fingerprint density at radius 3 is 2.50 bits per heavy atom. The second-order valence-electron chi connectivity index (χ2n) is 5.40. The van der Waals surface area contributed by atoms with E-state index < -0.39 is 0 Å². The van der Waals surface area contributed by atoms with Gasteiger partial charge in [-0.2, -0.15) is 0 Å². The summed E-state index contributed by atoms with van der Waals surface area (Å²) in [5.41, 5.74) is 0. The van der Waals surface area contributed by atoms with Gasteiger partial charge in [-0.1, -0.05) is 0 Å². The largest absolute Gasteiger partial charge is 0.393 e. The van der Waals surface area contributed by atoms with E-state index in [-0.39, 0.29) is 30.5 Å². The number of aliphatic hydroxyl groups excluding tert-OH is 1. The topological polar surface area (TPSA) is 81.2 Å². The number of hydrogen-bond acceptors (Lipinski definition) is 4. The van der Waals surface area contributed by atoms with E-state index in [0.29, 0.717) is 45.3 Å². The van der Waals surface area contributed by atoms with Gasteiger partial charge >= 0.3 is 6.03 Å². The Labute approximate surface area is 118 Å². The molecule has 0 bridgehead atoms. The van der Waals surface area contributed by atoms with Crippen LogP contribution in [0, 0.1) is 0 Å². The van der Waals surface area contributed by atoms with Crippen molar-refractivity contribution in [2.24, 2.45) is 0 Å². The Kier molecular flexibility index (Phi) is 4.59. The van der Waals surface area contributed by atoms with E-state index in [0.717, 1.165) is 0 Å². The second kappa shape index (κ2) is 6.21. The molecule has 0 aromatic heterocycles. The molecule has 0 aromatic rings. The zero-order valence-corrected chi connectivity index (χ0v) is 11.7. The lowest BCUT2D eigenvalue weighted by atomic mass is 10.1. The highest BCUT2D eigenvalue weighted by Gasteiger charge is 2.33. The van der Waals surface area contributed by atoms with Crippen LogP contribution in [-0.4, -0.2) is 77.0 Å². The van der Waals surface area contributed by atoms with Crippen LogP contribution in [0.25, 0.3) is 0 Å². The number of imide groups is 1. The van der Waals surface area contributed by atoms with Crippen LogP contribution in [0.3, 0.4) is 0 Å². The van der Waals surface area contributed by atoms with Gasteiger partial charge < -0.3 is 14.9 Å². The Bertz CT molecular complexity index is 404. The Morgan fingerprint density at radius 2 is 1.95 bits per heavy atom. The van der Waals surface area contributed by atoms with Crippen LogP contribution in [-0.2, 0) is 9.59 Å². The fraction of sp³-hybridized carbons (Fsp3) is 0.769. The molecule has 0 saturated carbocycles. The zero-order chi connectivity index (χ0) is 14.7. The highest BCUT2D eigenvalue weighted by atomic mass is 16.3. The molecule has 0 spiro atoms. The summed E-state index contributed by atoms with van der Waals surface area (Å²) < 4.78 is 0. The first kappa shape index (κ1) is 14.8. The second-order valence-corrected chi connectivity index (χ2v) is 5.40.